The summed E-state index contributed by atoms with van der Waals surface area (Å²) in [4.78, 5) is 0. The average Bonchev–Trinajstić information content (AvgIpc) is 2.61. The maximum Gasteiger partial charge on any atom is 0.104 e. The zero-order valence-corrected chi connectivity index (χ0v) is 7.04. The van der Waals surface area contributed by atoms with Crippen molar-refractivity contribution in [3.05, 3.63) is 12.3 Å². The van der Waals surface area contributed by atoms with Crippen LogP contribution in [0.4, 0.5) is 0 Å². The second kappa shape index (κ2) is 1.79. The molecular formula is C8H14N2O. The Hall–Kier alpha value is -0.540. The van der Waals surface area contributed by atoms with E-state index >= 15 is 0 Å². The summed E-state index contributed by atoms with van der Waals surface area (Å²) in [5.74, 6) is 0. The highest BCUT2D eigenvalue weighted by Crippen LogP contribution is 2.39. The average molecular weight is 154 g/mol. The predicted octanol–water partition coefficient (Wildman–Crippen LogP) is 0.186. The fourth-order valence-corrected chi connectivity index (χ4v) is 1.79. The zero-order chi connectivity index (χ0) is 8.22. The first-order valence-electron chi connectivity index (χ1n) is 3.94. The van der Waals surface area contributed by atoms with Gasteiger partial charge in [-0.25, -0.2) is 5.01 Å². The minimum atomic E-state index is -0.688. The highest BCUT2D eigenvalue weighted by molar-refractivity contribution is 5.17. The molecule has 2 aliphatic heterocycles. The van der Waals surface area contributed by atoms with Gasteiger partial charge < -0.3 is 10.1 Å². The molecule has 62 valence electrons. The Morgan fingerprint density at radius 3 is 3.00 bits per heavy atom. The van der Waals surface area contributed by atoms with Crippen LogP contribution in [-0.4, -0.2) is 40.4 Å². The monoisotopic (exact) mass is 154 g/mol. The van der Waals surface area contributed by atoms with E-state index in [1.54, 1.807) is 0 Å². The number of nitrogens with zero attached hydrogens (tertiary/aromatic N) is 2. The fraction of sp³-hybridized carbons (Fsp3) is 0.750. The lowest BCUT2D eigenvalue weighted by Gasteiger charge is -2.38. The molecule has 0 bridgehead atoms. The number of hydrogen-bond donors (Lipinski definition) is 1. The molecule has 1 N–H and O–H groups in total. The number of hydrazine groups is 1. The number of likely N-dealkylation sites (N-methyl/N-ethyl adjacent to an activating group) is 1. The summed E-state index contributed by atoms with van der Waals surface area (Å²) < 4.78 is 0. The van der Waals surface area contributed by atoms with E-state index in [1.807, 2.05) is 19.0 Å². The van der Waals surface area contributed by atoms with Crippen LogP contribution in [0.15, 0.2) is 12.3 Å². The summed E-state index contributed by atoms with van der Waals surface area (Å²) in [6, 6.07) is 0.556. The van der Waals surface area contributed by atoms with Crippen molar-refractivity contribution >= 4 is 0 Å². The van der Waals surface area contributed by atoms with Gasteiger partial charge >= 0.3 is 0 Å². The third-order valence-corrected chi connectivity index (χ3v) is 2.72. The van der Waals surface area contributed by atoms with Crippen molar-refractivity contribution < 1.29 is 5.11 Å². The van der Waals surface area contributed by atoms with Crippen LogP contribution in [0.5, 0.6) is 0 Å². The number of rotatable bonds is 0. The topological polar surface area (TPSA) is 26.5 Å². The van der Waals surface area contributed by atoms with Gasteiger partial charge in [-0.2, -0.15) is 0 Å². The molecule has 2 heterocycles. The molecule has 3 nitrogen and oxygen atoms in total. The Bertz CT molecular complexity index is 212. The lowest BCUT2D eigenvalue weighted by Crippen LogP contribution is -2.44. The minimum absolute atomic E-state index is 0.556. The van der Waals surface area contributed by atoms with Gasteiger partial charge in [-0.05, 0) is 6.92 Å². The van der Waals surface area contributed by atoms with Gasteiger partial charge in [0.05, 0.1) is 5.70 Å². The summed E-state index contributed by atoms with van der Waals surface area (Å²) in [5, 5.41) is 14.0. The zero-order valence-electron chi connectivity index (χ0n) is 7.04. The molecule has 11 heavy (non-hydrogen) atoms. The van der Waals surface area contributed by atoms with Crippen molar-refractivity contribution in [2.45, 2.75) is 25.0 Å². The Kier molecular flexibility index (Phi) is 1.16. The van der Waals surface area contributed by atoms with Crippen LogP contribution in [0.2, 0.25) is 0 Å². The van der Waals surface area contributed by atoms with Crippen molar-refractivity contribution in [1.29, 1.82) is 0 Å². The lowest BCUT2D eigenvalue weighted by molar-refractivity contribution is -0.0132. The quantitative estimate of drug-likeness (QED) is 0.504. The van der Waals surface area contributed by atoms with Crippen LogP contribution in [0.25, 0.3) is 0 Å². The molecule has 0 aromatic carbocycles. The molecule has 2 aliphatic rings. The van der Waals surface area contributed by atoms with Crippen molar-refractivity contribution in [2.24, 2.45) is 0 Å². The van der Waals surface area contributed by atoms with Gasteiger partial charge in [0.15, 0.2) is 0 Å². The van der Waals surface area contributed by atoms with E-state index in [-0.39, 0.29) is 0 Å². The summed E-state index contributed by atoms with van der Waals surface area (Å²) in [6.45, 7) is 6.77. The van der Waals surface area contributed by atoms with Crippen molar-refractivity contribution in [3.63, 3.8) is 0 Å². The molecule has 0 saturated carbocycles. The summed E-state index contributed by atoms with van der Waals surface area (Å²) >= 11 is 0. The molecule has 2 saturated heterocycles. The summed E-state index contributed by atoms with van der Waals surface area (Å²) in [6.07, 6.45) is 0.830. The second-order valence-corrected chi connectivity index (χ2v) is 3.72. The molecule has 0 amide bonds. The van der Waals surface area contributed by atoms with Gasteiger partial charge in [0.1, 0.15) is 5.60 Å². The van der Waals surface area contributed by atoms with E-state index in [4.69, 9.17) is 0 Å². The first kappa shape index (κ1) is 7.13. The molecule has 0 radical (unpaired) electrons. The van der Waals surface area contributed by atoms with Gasteiger partial charge in [0.25, 0.3) is 0 Å². The third kappa shape index (κ3) is 0.880. The van der Waals surface area contributed by atoms with Gasteiger partial charge in [-0.3, -0.25) is 0 Å². The molecule has 0 aromatic heterocycles. The minimum Gasteiger partial charge on any atom is -0.384 e. The smallest absolute Gasteiger partial charge is 0.104 e. The molecule has 2 rings (SSSR count). The van der Waals surface area contributed by atoms with Gasteiger partial charge in [-0.15, -0.1) is 0 Å². The summed E-state index contributed by atoms with van der Waals surface area (Å²) in [7, 11) is 1.95. The van der Waals surface area contributed by atoms with Gasteiger partial charge in [0, 0.05) is 26.1 Å². The molecule has 0 aromatic rings. The van der Waals surface area contributed by atoms with E-state index in [0.29, 0.717) is 6.04 Å². The Morgan fingerprint density at radius 2 is 2.36 bits per heavy atom. The van der Waals surface area contributed by atoms with Crippen molar-refractivity contribution in [1.82, 2.24) is 10.0 Å². The standard InChI is InChI=1S/C8H14N2O/c1-6-8(2,11)4-7-5-10(7)9(6)3/h7,11H,1,4-5H2,2-3H3. The van der Waals surface area contributed by atoms with E-state index in [0.717, 1.165) is 18.7 Å². The highest BCUT2D eigenvalue weighted by atomic mass is 16.3. The Labute approximate surface area is 66.9 Å². The summed E-state index contributed by atoms with van der Waals surface area (Å²) in [5.41, 5.74) is 0.123. The van der Waals surface area contributed by atoms with Crippen LogP contribution in [0.1, 0.15) is 13.3 Å². The predicted molar refractivity (Wildman–Crippen MR) is 42.6 cm³/mol. The number of hydrogen-bond acceptors (Lipinski definition) is 3. The number of fused-ring (bicyclic) bond motifs is 1. The number of aliphatic hydroxyl groups is 1. The molecule has 3 atom stereocenters. The molecule has 3 heteroatoms. The van der Waals surface area contributed by atoms with Crippen LogP contribution < -0.4 is 0 Å². The molecule has 2 fully saturated rings. The fourth-order valence-electron chi connectivity index (χ4n) is 1.79. The van der Waals surface area contributed by atoms with Crippen LogP contribution in [0.3, 0.4) is 0 Å². The van der Waals surface area contributed by atoms with Crippen molar-refractivity contribution in [2.75, 3.05) is 13.6 Å². The van der Waals surface area contributed by atoms with E-state index in [9.17, 15) is 5.11 Å². The van der Waals surface area contributed by atoms with E-state index in [2.05, 4.69) is 11.6 Å². The van der Waals surface area contributed by atoms with Crippen LogP contribution >= 0.6 is 0 Å². The van der Waals surface area contributed by atoms with E-state index < -0.39 is 5.60 Å². The highest BCUT2D eigenvalue weighted by Gasteiger charge is 2.49. The molecule has 3 unspecified atom stereocenters. The van der Waals surface area contributed by atoms with E-state index in [1.165, 1.54) is 0 Å². The molecule has 0 aliphatic carbocycles. The first-order chi connectivity index (χ1) is 5.02. The molecular weight excluding hydrogens is 140 g/mol. The lowest BCUT2D eigenvalue weighted by atomic mass is 9.95. The normalized spacial score (nSPS) is 49.0. The van der Waals surface area contributed by atoms with Gasteiger partial charge in [-0.1, -0.05) is 6.58 Å². The maximum atomic E-state index is 9.84. The largest absolute Gasteiger partial charge is 0.384 e. The third-order valence-electron chi connectivity index (χ3n) is 2.72. The maximum absolute atomic E-state index is 9.84. The van der Waals surface area contributed by atoms with Crippen molar-refractivity contribution in [3.8, 4) is 0 Å². The van der Waals surface area contributed by atoms with Crippen LogP contribution in [-0.2, 0) is 0 Å². The first-order valence-corrected chi connectivity index (χ1v) is 3.94. The Morgan fingerprint density at radius 1 is 1.73 bits per heavy atom. The van der Waals surface area contributed by atoms with Crippen LogP contribution in [0, 0.1) is 0 Å². The Balaban J connectivity index is 2.22. The SMILES string of the molecule is C=C1N(C)N2CC2CC1(C)O. The van der Waals surface area contributed by atoms with Gasteiger partial charge in [0.2, 0.25) is 0 Å². The molecule has 0 spiro atoms. The second-order valence-electron chi connectivity index (χ2n) is 3.72.